The summed E-state index contributed by atoms with van der Waals surface area (Å²) in [6.45, 7) is 6.25. The molecule has 7 nitrogen and oxygen atoms in total. The van der Waals surface area contributed by atoms with Crippen LogP contribution in [0.5, 0.6) is 5.75 Å². The lowest BCUT2D eigenvalue weighted by atomic mass is 9.77. The summed E-state index contributed by atoms with van der Waals surface area (Å²) in [4.78, 5) is 34.3. The molecular weight excluding hydrogens is 478 g/mol. The van der Waals surface area contributed by atoms with Crippen molar-refractivity contribution in [3.63, 3.8) is 0 Å². The molecule has 0 N–H and O–H groups in total. The van der Waals surface area contributed by atoms with Gasteiger partial charge in [-0.3, -0.25) is 14.7 Å². The molecule has 1 aromatic carbocycles. The second-order valence-corrected chi connectivity index (χ2v) is 11.4. The van der Waals surface area contributed by atoms with Gasteiger partial charge in [-0.2, -0.15) is 0 Å². The average Bonchev–Trinajstić information content (AvgIpc) is 3.75. The topological polar surface area (TPSA) is 72.0 Å². The zero-order valence-corrected chi connectivity index (χ0v) is 22.7. The molecular formula is C31H39N3O4. The van der Waals surface area contributed by atoms with Crippen LogP contribution in [-0.2, 0) is 17.7 Å². The summed E-state index contributed by atoms with van der Waals surface area (Å²) in [5.74, 6) is 2.06. The van der Waals surface area contributed by atoms with Crippen LogP contribution >= 0.6 is 0 Å². The molecule has 0 radical (unpaired) electrons. The lowest BCUT2D eigenvalue weighted by Gasteiger charge is -2.40. The van der Waals surface area contributed by atoms with Crippen LogP contribution in [0.3, 0.4) is 0 Å². The summed E-state index contributed by atoms with van der Waals surface area (Å²) in [5, 5.41) is 0. The summed E-state index contributed by atoms with van der Waals surface area (Å²) in [5.41, 5.74) is 6.10. The maximum atomic E-state index is 13.4. The second kappa shape index (κ2) is 10.7. The highest BCUT2D eigenvalue weighted by atomic mass is 16.5. The van der Waals surface area contributed by atoms with E-state index < -0.39 is 5.97 Å². The van der Waals surface area contributed by atoms with Crippen molar-refractivity contribution in [2.24, 2.45) is 0 Å². The van der Waals surface area contributed by atoms with Gasteiger partial charge in [0.25, 0.3) is 5.91 Å². The Morgan fingerprint density at radius 3 is 2.39 bits per heavy atom. The number of ether oxygens (including phenoxy) is 2. The fourth-order valence-corrected chi connectivity index (χ4v) is 6.46. The van der Waals surface area contributed by atoms with E-state index in [9.17, 15) is 9.59 Å². The minimum absolute atomic E-state index is 0.0118. The number of amides is 1. The Labute approximate surface area is 225 Å². The third kappa shape index (κ3) is 4.93. The molecule has 2 aromatic rings. The predicted octanol–water partition coefficient (Wildman–Crippen LogP) is 5.07. The molecule has 1 saturated heterocycles. The highest BCUT2D eigenvalue weighted by Crippen LogP contribution is 2.49. The van der Waals surface area contributed by atoms with Crippen LogP contribution in [-0.4, -0.2) is 66.1 Å². The number of rotatable bonds is 8. The summed E-state index contributed by atoms with van der Waals surface area (Å²) in [6, 6.07) is 6.71. The van der Waals surface area contributed by atoms with Gasteiger partial charge in [-0.1, -0.05) is 12.5 Å². The van der Waals surface area contributed by atoms with Gasteiger partial charge in [-0.15, -0.1) is 0 Å². The highest BCUT2D eigenvalue weighted by molar-refractivity contribution is 5.99. The quantitative estimate of drug-likeness (QED) is 0.455. The maximum Gasteiger partial charge on any atom is 0.339 e. The van der Waals surface area contributed by atoms with Crippen molar-refractivity contribution in [1.82, 2.24) is 14.8 Å². The third-order valence-electron chi connectivity index (χ3n) is 8.99. The number of pyridine rings is 1. The number of esters is 1. The SMILES string of the molecule is CCOc1cc(C2CCC2)c(C2CC2)cc1CN1CCC(N2CCc3ncc(C(=O)OC)cc3C2=O)CC1. The lowest BCUT2D eigenvalue weighted by molar-refractivity contribution is 0.0543. The molecule has 1 amide bonds. The van der Waals surface area contributed by atoms with Crippen molar-refractivity contribution in [2.75, 3.05) is 33.4 Å². The summed E-state index contributed by atoms with van der Waals surface area (Å²) >= 11 is 0. The van der Waals surface area contributed by atoms with Gasteiger partial charge < -0.3 is 14.4 Å². The molecule has 0 spiro atoms. The van der Waals surface area contributed by atoms with Crippen LogP contribution in [0.4, 0.5) is 0 Å². The van der Waals surface area contributed by atoms with Crippen LogP contribution in [0.2, 0.25) is 0 Å². The van der Waals surface area contributed by atoms with Gasteiger partial charge in [0.1, 0.15) is 5.75 Å². The van der Waals surface area contributed by atoms with Gasteiger partial charge in [-0.25, -0.2) is 4.79 Å². The normalized spacial score (nSPS) is 20.7. The van der Waals surface area contributed by atoms with E-state index >= 15 is 0 Å². The first-order chi connectivity index (χ1) is 18.6. The number of methoxy groups -OCH3 is 1. The first-order valence-electron chi connectivity index (χ1n) is 14.5. The zero-order chi connectivity index (χ0) is 26.2. The van der Waals surface area contributed by atoms with E-state index in [-0.39, 0.29) is 11.9 Å². The molecule has 2 saturated carbocycles. The van der Waals surface area contributed by atoms with E-state index in [1.54, 1.807) is 17.2 Å². The van der Waals surface area contributed by atoms with Crippen molar-refractivity contribution in [2.45, 2.75) is 82.7 Å². The molecule has 2 aliphatic heterocycles. The van der Waals surface area contributed by atoms with Crippen molar-refractivity contribution in [1.29, 1.82) is 0 Å². The molecule has 0 unspecified atom stereocenters. The molecule has 6 rings (SSSR count). The summed E-state index contributed by atoms with van der Waals surface area (Å²) < 4.78 is 11.0. The molecule has 38 heavy (non-hydrogen) atoms. The number of likely N-dealkylation sites (tertiary alicyclic amines) is 1. The Hall–Kier alpha value is -2.93. The Bertz CT molecular complexity index is 1210. The van der Waals surface area contributed by atoms with Crippen molar-refractivity contribution < 1.29 is 19.1 Å². The van der Waals surface area contributed by atoms with Crippen LogP contribution < -0.4 is 4.74 Å². The average molecular weight is 518 g/mol. The molecule has 3 heterocycles. The van der Waals surface area contributed by atoms with Crippen LogP contribution in [0.15, 0.2) is 24.4 Å². The van der Waals surface area contributed by atoms with Crippen molar-refractivity contribution >= 4 is 11.9 Å². The van der Waals surface area contributed by atoms with E-state index in [0.717, 1.165) is 62.2 Å². The van der Waals surface area contributed by atoms with Gasteiger partial charge in [0.15, 0.2) is 0 Å². The minimum atomic E-state index is -0.462. The number of piperidine rings is 1. The molecule has 202 valence electrons. The molecule has 2 aliphatic carbocycles. The van der Waals surface area contributed by atoms with E-state index in [4.69, 9.17) is 9.47 Å². The van der Waals surface area contributed by atoms with Crippen molar-refractivity contribution in [3.05, 3.63) is 57.9 Å². The standard InChI is InChI=1S/C31H39N3O4/c1-3-38-29-17-26(20-5-4-6-20)25(21-7-8-21)16-23(29)19-33-12-9-24(10-13-33)34-14-11-28-27(30(34)35)15-22(18-32-28)31(36)37-2/h15-18,20-21,24H,3-14,19H2,1-2H3. The fraction of sp³-hybridized carbons (Fsp3) is 0.581. The third-order valence-corrected chi connectivity index (χ3v) is 8.99. The zero-order valence-electron chi connectivity index (χ0n) is 22.7. The predicted molar refractivity (Wildman–Crippen MR) is 145 cm³/mol. The van der Waals surface area contributed by atoms with Gasteiger partial charge >= 0.3 is 5.97 Å². The lowest BCUT2D eigenvalue weighted by Crippen LogP contribution is -2.50. The molecule has 3 fully saturated rings. The molecule has 0 atom stereocenters. The second-order valence-electron chi connectivity index (χ2n) is 11.4. The number of carbonyl (C=O) groups excluding carboxylic acids is 2. The van der Waals surface area contributed by atoms with Crippen molar-refractivity contribution in [3.8, 4) is 5.75 Å². The number of hydrogen-bond donors (Lipinski definition) is 0. The molecule has 1 aromatic heterocycles. The van der Waals surface area contributed by atoms with Gasteiger partial charge in [-0.05, 0) is 80.5 Å². The summed E-state index contributed by atoms with van der Waals surface area (Å²) in [6.07, 6.45) is 10.8. The monoisotopic (exact) mass is 517 g/mol. The number of benzene rings is 1. The smallest absolute Gasteiger partial charge is 0.339 e. The summed E-state index contributed by atoms with van der Waals surface area (Å²) in [7, 11) is 1.34. The van der Waals surface area contributed by atoms with E-state index in [2.05, 4.69) is 28.9 Å². The van der Waals surface area contributed by atoms with Crippen LogP contribution in [0.1, 0.15) is 107 Å². The molecule has 4 aliphatic rings. The number of hydrogen-bond acceptors (Lipinski definition) is 6. The Balaban J connectivity index is 1.13. The minimum Gasteiger partial charge on any atom is -0.494 e. The highest BCUT2D eigenvalue weighted by Gasteiger charge is 2.35. The largest absolute Gasteiger partial charge is 0.494 e. The van der Waals surface area contributed by atoms with Gasteiger partial charge in [0, 0.05) is 50.4 Å². The first-order valence-corrected chi connectivity index (χ1v) is 14.5. The molecule has 7 heteroatoms. The Morgan fingerprint density at radius 2 is 1.74 bits per heavy atom. The first kappa shape index (κ1) is 25.4. The van der Waals surface area contributed by atoms with E-state index in [1.165, 1.54) is 51.0 Å². The van der Waals surface area contributed by atoms with Gasteiger partial charge in [0.2, 0.25) is 0 Å². The van der Waals surface area contributed by atoms with E-state index in [0.29, 0.717) is 24.3 Å². The van der Waals surface area contributed by atoms with E-state index in [1.807, 2.05) is 4.90 Å². The number of aromatic nitrogens is 1. The Kier molecular flexibility index (Phi) is 7.12. The maximum absolute atomic E-state index is 13.4. The number of carbonyl (C=O) groups is 2. The molecule has 0 bridgehead atoms. The number of fused-ring (bicyclic) bond motifs is 1. The Morgan fingerprint density at radius 1 is 1.00 bits per heavy atom. The number of nitrogens with zero attached hydrogens (tertiary/aromatic N) is 3. The van der Waals surface area contributed by atoms with Crippen LogP contribution in [0.25, 0.3) is 0 Å². The van der Waals surface area contributed by atoms with Gasteiger partial charge in [0.05, 0.1) is 30.5 Å². The van der Waals surface area contributed by atoms with Crippen LogP contribution in [0, 0.1) is 0 Å². The fourth-order valence-electron chi connectivity index (χ4n) is 6.46.